The Labute approximate surface area is 101 Å². The average Bonchev–Trinajstić information content (AvgIpc) is 2.63. The molecule has 0 bridgehead atoms. The first-order valence-corrected chi connectivity index (χ1v) is 5.90. The van der Waals surface area contributed by atoms with Gasteiger partial charge in [-0.1, -0.05) is 0 Å². The summed E-state index contributed by atoms with van der Waals surface area (Å²) in [6.45, 7) is 9.00. The molecule has 0 fully saturated rings. The summed E-state index contributed by atoms with van der Waals surface area (Å²) >= 11 is 0. The van der Waals surface area contributed by atoms with Gasteiger partial charge in [0.2, 0.25) is 0 Å². The Morgan fingerprint density at radius 2 is 2.18 bits per heavy atom. The maximum atomic E-state index is 12.0. The molecule has 0 aromatic carbocycles. The lowest BCUT2D eigenvalue weighted by Crippen LogP contribution is -2.43. The molecule has 94 valence electrons. The van der Waals surface area contributed by atoms with Gasteiger partial charge in [-0.3, -0.25) is 9.58 Å². The number of nitrogens with zero attached hydrogens (tertiary/aromatic N) is 3. The van der Waals surface area contributed by atoms with Crippen LogP contribution in [0.25, 0.3) is 0 Å². The Morgan fingerprint density at radius 1 is 1.47 bits per heavy atom. The van der Waals surface area contributed by atoms with Gasteiger partial charge in [-0.25, -0.2) is 4.79 Å². The van der Waals surface area contributed by atoms with Crippen LogP contribution in [-0.4, -0.2) is 32.9 Å². The van der Waals surface area contributed by atoms with Crippen LogP contribution >= 0.6 is 0 Å². The lowest BCUT2D eigenvalue weighted by molar-refractivity contribution is 0.0120. The topological polar surface area (TPSA) is 47.4 Å². The molecule has 17 heavy (non-hydrogen) atoms. The molecule has 2 rings (SSSR count). The first-order chi connectivity index (χ1) is 7.88. The van der Waals surface area contributed by atoms with E-state index in [1.807, 2.05) is 38.4 Å². The minimum atomic E-state index is -0.450. The highest BCUT2D eigenvalue weighted by Gasteiger charge is 2.31. The van der Waals surface area contributed by atoms with Gasteiger partial charge in [0.1, 0.15) is 5.60 Å². The smallest absolute Gasteiger partial charge is 0.410 e. The number of rotatable bonds is 0. The lowest BCUT2D eigenvalue weighted by atomic mass is 10.1. The van der Waals surface area contributed by atoms with Crippen molar-refractivity contribution in [3.63, 3.8) is 0 Å². The summed E-state index contributed by atoms with van der Waals surface area (Å²) in [6, 6.07) is 1.96. The summed E-state index contributed by atoms with van der Waals surface area (Å²) in [5, 5.41) is 4.21. The van der Waals surface area contributed by atoms with E-state index in [-0.39, 0.29) is 12.1 Å². The molecule has 1 aromatic rings. The molecule has 1 atom stereocenters. The largest absolute Gasteiger partial charge is 0.444 e. The molecule has 1 unspecified atom stereocenters. The van der Waals surface area contributed by atoms with E-state index in [1.165, 1.54) is 0 Å². The molecule has 0 N–H and O–H groups in total. The molecule has 0 radical (unpaired) electrons. The summed E-state index contributed by atoms with van der Waals surface area (Å²) in [5.74, 6) is 0. The summed E-state index contributed by atoms with van der Waals surface area (Å²) in [5.41, 5.74) is 0.608. The van der Waals surface area contributed by atoms with Gasteiger partial charge in [0.15, 0.2) is 0 Å². The number of aromatic nitrogens is 2. The molecule has 1 aliphatic heterocycles. The normalized spacial score (nSPS) is 20.0. The maximum absolute atomic E-state index is 12.0. The molecule has 1 aromatic heterocycles. The zero-order valence-electron chi connectivity index (χ0n) is 10.8. The second-order valence-corrected chi connectivity index (χ2v) is 5.33. The van der Waals surface area contributed by atoms with Gasteiger partial charge in [0, 0.05) is 12.7 Å². The van der Waals surface area contributed by atoms with Crippen LogP contribution in [0.5, 0.6) is 0 Å². The third-order valence-electron chi connectivity index (χ3n) is 2.83. The van der Waals surface area contributed by atoms with Gasteiger partial charge < -0.3 is 4.74 Å². The number of amides is 1. The van der Waals surface area contributed by atoms with Crippen LogP contribution in [0.2, 0.25) is 0 Å². The fourth-order valence-electron chi connectivity index (χ4n) is 2.01. The van der Waals surface area contributed by atoms with Crippen molar-refractivity contribution in [1.29, 1.82) is 0 Å². The highest BCUT2D eigenvalue weighted by molar-refractivity contribution is 5.68. The van der Waals surface area contributed by atoms with Crippen molar-refractivity contribution < 1.29 is 9.53 Å². The quantitative estimate of drug-likeness (QED) is 0.695. The van der Waals surface area contributed by atoms with Gasteiger partial charge in [0.25, 0.3) is 0 Å². The van der Waals surface area contributed by atoms with Crippen molar-refractivity contribution in [1.82, 2.24) is 14.7 Å². The van der Waals surface area contributed by atoms with Crippen molar-refractivity contribution in [3.05, 3.63) is 18.0 Å². The fraction of sp³-hybridized carbons (Fsp3) is 0.667. The summed E-state index contributed by atoms with van der Waals surface area (Å²) in [7, 11) is 0. The van der Waals surface area contributed by atoms with E-state index in [1.54, 1.807) is 11.1 Å². The van der Waals surface area contributed by atoms with Crippen LogP contribution in [-0.2, 0) is 11.3 Å². The van der Waals surface area contributed by atoms with E-state index in [9.17, 15) is 4.79 Å². The van der Waals surface area contributed by atoms with Crippen LogP contribution in [0, 0.1) is 0 Å². The van der Waals surface area contributed by atoms with Crippen LogP contribution < -0.4 is 0 Å². The standard InChI is InChI=1S/C12H19N3O2/c1-9-10-5-6-13-15(10)8-7-14(9)11(16)17-12(2,3)4/h5-6,9H,7-8H2,1-4H3. The van der Waals surface area contributed by atoms with Crippen molar-refractivity contribution in [3.8, 4) is 0 Å². The van der Waals surface area contributed by atoms with E-state index in [0.717, 1.165) is 12.2 Å². The van der Waals surface area contributed by atoms with E-state index in [4.69, 9.17) is 4.74 Å². The molecule has 1 amide bonds. The molecule has 0 aliphatic carbocycles. The van der Waals surface area contributed by atoms with E-state index >= 15 is 0 Å². The summed E-state index contributed by atoms with van der Waals surface area (Å²) < 4.78 is 7.33. The zero-order valence-corrected chi connectivity index (χ0v) is 10.8. The predicted octanol–water partition coefficient (Wildman–Crippen LogP) is 2.19. The Bertz CT molecular complexity index is 420. The van der Waals surface area contributed by atoms with E-state index in [2.05, 4.69) is 5.10 Å². The average molecular weight is 237 g/mol. The van der Waals surface area contributed by atoms with Gasteiger partial charge in [-0.05, 0) is 33.8 Å². The van der Waals surface area contributed by atoms with Crippen molar-refractivity contribution >= 4 is 6.09 Å². The lowest BCUT2D eigenvalue weighted by Gasteiger charge is -2.35. The summed E-state index contributed by atoms with van der Waals surface area (Å²) in [6.07, 6.45) is 1.52. The van der Waals surface area contributed by atoms with Gasteiger partial charge in [0.05, 0.1) is 18.3 Å². The number of hydrogen-bond acceptors (Lipinski definition) is 3. The second kappa shape index (κ2) is 4.05. The van der Waals surface area contributed by atoms with Gasteiger partial charge in [-0.2, -0.15) is 5.10 Å². The molecule has 0 saturated carbocycles. The highest BCUT2D eigenvalue weighted by atomic mass is 16.6. The molecule has 2 heterocycles. The van der Waals surface area contributed by atoms with Crippen LogP contribution in [0.4, 0.5) is 4.79 Å². The summed E-state index contributed by atoms with van der Waals surface area (Å²) in [4.78, 5) is 13.8. The van der Waals surface area contributed by atoms with Crippen molar-refractivity contribution in [2.75, 3.05) is 6.54 Å². The first-order valence-electron chi connectivity index (χ1n) is 5.90. The molecule has 5 nitrogen and oxygen atoms in total. The Balaban J connectivity index is 2.12. The number of fused-ring (bicyclic) bond motifs is 1. The second-order valence-electron chi connectivity index (χ2n) is 5.33. The molecular weight excluding hydrogens is 218 g/mol. The van der Waals surface area contributed by atoms with E-state index in [0.29, 0.717) is 6.54 Å². The third-order valence-corrected chi connectivity index (χ3v) is 2.83. The molecule has 0 spiro atoms. The predicted molar refractivity (Wildman–Crippen MR) is 63.6 cm³/mol. The monoisotopic (exact) mass is 237 g/mol. The number of hydrogen-bond donors (Lipinski definition) is 0. The maximum Gasteiger partial charge on any atom is 0.410 e. The number of carbonyl (C=O) groups is 1. The van der Waals surface area contributed by atoms with Crippen LogP contribution in [0.3, 0.4) is 0 Å². The molecule has 5 heteroatoms. The van der Waals surface area contributed by atoms with Crippen molar-refractivity contribution in [2.45, 2.75) is 45.9 Å². The minimum absolute atomic E-state index is 0.0149. The SMILES string of the molecule is CC1c2ccnn2CCN1C(=O)OC(C)(C)C. The third kappa shape index (κ3) is 2.43. The minimum Gasteiger partial charge on any atom is -0.444 e. The number of carbonyl (C=O) groups excluding carboxylic acids is 1. The van der Waals surface area contributed by atoms with Gasteiger partial charge >= 0.3 is 6.09 Å². The fourth-order valence-corrected chi connectivity index (χ4v) is 2.01. The Morgan fingerprint density at radius 3 is 2.82 bits per heavy atom. The van der Waals surface area contributed by atoms with Crippen molar-refractivity contribution in [2.24, 2.45) is 0 Å². The Hall–Kier alpha value is -1.52. The van der Waals surface area contributed by atoms with Gasteiger partial charge in [-0.15, -0.1) is 0 Å². The number of ether oxygens (including phenoxy) is 1. The molecular formula is C12H19N3O2. The van der Waals surface area contributed by atoms with Crippen LogP contribution in [0.1, 0.15) is 39.4 Å². The van der Waals surface area contributed by atoms with Crippen LogP contribution in [0.15, 0.2) is 12.3 Å². The molecule has 1 aliphatic rings. The highest BCUT2D eigenvalue weighted by Crippen LogP contribution is 2.25. The zero-order chi connectivity index (χ0) is 12.6. The first kappa shape index (κ1) is 12.0. The molecule has 0 saturated heterocycles. The van der Waals surface area contributed by atoms with E-state index < -0.39 is 5.60 Å². The Kier molecular flexibility index (Phi) is 2.85.